The van der Waals surface area contributed by atoms with Crippen molar-refractivity contribution in [3.63, 3.8) is 0 Å². The fourth-order valence-corrected chi connectivity index (χ4v) is 4.23. The van der Waals surface area contributed by atoms with Crippen LogP contribution >= 0.6 is 11.3 Å². The number of rotatable bonds is 9. The second kappa shape index (κ2) is 10.7. The van der Waals surface area contributed by atoms with Crippen LogP contribution in [0.1, 0.15) is 32.0 Å². The number of allylic oxidation sites excluding steroid dienone is 1. The van der Waals surface area contributed by atoms with Crippen LogP contribution < -0.4 is 11.1 Å². The first-order valence-electron chi connectivity index (χ1n) is 10.8. The van der Waals surface area contributed by atoms with E-state index in [-0.39, 0.29) is 34.4 Å². The highest BCUT2D eigenvalue weighted by Crippen LogP contribution is 2.25. The molecule has 0 radical (unpaired) electrons. The number of hydrogen-bond acceptors (Lipinski definition) is 7. The highest BCUT2D eigenvalue weighted by Gasteiger charge is 2.18. The van der Waals surface area contributed by atoms with Crippen molar-refractivity contribution in [1.82, 2.24) is 4.98 Å². The molecule has 1 heterocycles. The predicted molar refractivity (Wildman–Crippen MR) is 140 cm³/mol. The van der Waals surface area contributed by atoms with E-state index in [0.717, 1.165) is 28.0 Å². The minimum absolute atomic E-state index is 0.0757. The highest BCUT2D eigenvalue weighted by molar-refractivity contribution is 7.13. The van der Waals surface area contributed by atoms with Gasteiger partial charge in [0.25, 0.3) is 0 Å². The number of hydrogen-bond donors (Lipinski definition) is 5. The number of nitrogens with zero attached hydrogens (tertiary/aromatic N) is 1. The Hall–Kier alpha value is -4.76. The van der Waals surface area contributed by atoms with Crippen LogP contribution in [-0.2, 0) is 6.42 Å². The molecule has 3 aromatic carbocycles. The van der Waals surface area contributed by atoms with Crippen molar-refractivity contribution < 1.29 is 19.8 Å². The van der Waals surface area contributed by atoms with E-state index in [1.165, 1.54) is 5.38 Å². The molecule has 0 spiro atoms. The number of primary amides is 1. The number of thiazole rings is 1. The lowest BCUT2D eigenvalue weighted by Gasteiger charge is -2.14. The lowest BCUT2D eigenvalue weighted by atomic mass is 9.94. The van der Waals surface area contributed by atoms with Crippen molar-refractivity contribution in [2.45, 2.75) is 6.42 Å². The molecule has 0 unspecified atom stereocenters. The first-order chi connectivity index (χ1) is 17.3. The third kappa shape index (κ3) is 5.65. The molecule has 0 saturated carbocycles. The first-order valence-corrected chi connectivity index (χ1v) is 11.7. The number of carbonyl (C=O) groups excluding carboxylic acids is 1. The van der Waals surface area contributed by atoms with Gasteiger partial charge >= 0.3 is 5.97 Å². The van der Waals surface area contributed by atoms with Gasteiger partial charge in [-0.25, -0.2) is 9.78 Å². The minimum Gasteiger partial charge on any atom is -0.494 e. The number of amides is 1. The van der Waals surface area contributed by atoms with Gasteiger partial charge in [-0.15, -0.1) is 11.3 Å². The maximum atomic E-state index is 11.4. The Morgan fingerprint density at radius 1 is 0.917 bits per heavy atom. The third-order valence-electron chi connectivity index (χ3n) is 5.41. The maximum absolute atomic E-state index is 11.4. The van der Waals surface area contributed by atoms with Gasteiger partial charge in [0.1, 0.15) is 0 Å². The Kier molecular flexibility index (Phi) is 7.22. The molecule has 36 heavy (non-hydrogen) atoms. The number of aromatic nitrogens is 1. The second-order valence-electron chi connectivity index (χ2n) is 7.85. The van der Waals surface area contributed by atoms with Crippen LogP contribution in [0.3, 0.4) is 0 Å². The molecule has 0 saturated heterocycles. The molecule has 4 aromatic rings. The normalized spacial score (nSPS) is 11.4. The summed E-state index contributed by atoms with van der Waals surface area (Å²) in [4.78, 5) is 26.5. The summed E-state index contributed by atoms with van der Waals surface area (Å²) in [7, 11) is 0. The monoisotopic (exact) mass is 498 g/mol. The van der Waals surface area contributed by atoms with E-state index in [1.807, 2.05) is 48.5 Å². The number of nitrogens with one attached hydrogen (secondary N) is 2. The molecule has 0 atom stereocenters. The Labute approximate surface area is 210 Å². The standard InChI is InChI=1S/C27H22N4O4S/c28-23(20-8-4-7-19(14-20)17-5-2-1-3-6-17)21(13-16-9-11-18(12-10-16)24(29)32)25(33)31-27-30-22(15-36-27)26(34)35/h1-12,14-15,28,33H,13H2,(H2,29,32)(H,30,31)(H,34,35)/b25-21+,28-23?. The van der Waals surface area contributed by atoms with E-state index in [2.05, 4.69) is 10.3 Å². The number of benzene rings is 3. The number of carbonyl (C=O) groups is 2. The maximum Gasteiger partial charge on any atom is 0.355 e. The zero-order chi connectivity index (χ0) is 25.7. The van der Waals surface area contributed by atoms with Gasteiger partial charge in [0.2, 0.25) is 5.91 Å². The van der Waals surface area contributed by atoms with E-state index >= 15 is 0 Å². The van der Waals surface area contributed by atoms with Crippen LogP contribution in [0.2, 0.25) is 0 Å². The minimum atomic E-state index is -1.18. The number of aromatic carboxylic acids is 1. The van der Waals surface area contributed by atoms with Crippen molar-refractivity contribution in [3.05, 3.63) is 118 Å². The lowest BCUT2D eigenvalue weighted by molar-refractivity contribution is 0.0691. The van der Waals surface area contributed by atoms with Crippen molar-refractivity contribution in [2.75, 3.05) is 5.32 Å². The summed E-state index contributed by atoms with van der Waals surface area (Å²) in [6.45, 7) is 0. The lowest BCUT2D eigenvalue weighted by Crippen LogP contribution is -2.14. The van der Waals surface area contributed by atoms with Crippen molar-refractivity contribution >= 4 is 34.1 Å². The van der Waals surface area contributed by atoms with Gasteiger partial charge in [-0.3, -0.25) is 10.2 Å². The van der Waals surface area contributed by atoms with Gasteiger partial charge in [0.15, 0.2) is 16.7 Å². The fourth-order valence-electron chi connectivity index (χ4n) is 3.55. The van der Waals surface area contributed by atoms with Gasteiger partial charge in [0, 0.05) is 28.5 Å². The zero-order valence-corrected chi connectivity index (χ0v) is 19.8. The summed E-state index contributed by atoms with van der Waals surface area (Å²) in [5.41, 5.74) is 9.09. The van der Waals surface area contributed by atoms with Crippen LogP contribution in [0, 0.1) is 5.41 Å². The summed E-state index contributed by atoms with van der Waals surface area (Å²) < 4.78 is 0. The quantitative estimate of drug-likeness (QED) is 0.160. The number of anilines is 1. The molecule has 1 aromatic heterocycles. The Morgan fingerprint density at radius 3 is 2.25 bits per heavy atom. The van der Waals surface area contributed by atoms with E-state index in [1.54, 1.807) is 30.3 Å². The zero-order valence-electron chi connectivity index (χ0n) is 18.9. The number of carboxylic acid groups (broad SMARTS) is 1. The SMILES string of the molecule is N=C(/C(Cc1ccc(C(N)=O)cc1)=C(/O)Nc1nc(C(=O)O)cs1)c1cccc(-c2ccccc2)c1. The van der Waals surface area contributed by atoms with Gasteiger partial charge < -0.3 is 21.3 Å². The Balaban J connectivity index is 1.71. The summed E-state index contributed by atoms with van der Waals surface area (Å²) in [6.07, 6.45) is 0.156. The number of aliphatic hydroxyl groups excluding tert-OH is 1. The molecule has 4 rings (SSSR count). The largest absolute Gasteiger partial charge is 0.494 e. The van der Waals surface area contributed by atoms with Crippen molar-refractivity contribution in [3.8, 4) is 11.1 Å². The summed E-state index contributed by atoms with van der Waals surface area (Å²) in [6, 6.07) is 23.7. The molecule has 0 aliphatic carbocycles. The second-order valence-corrected chi connectivity index (χ2v) is 8.71. The van der Waals surface area contributed by atoms with Crippen LogP contribution in [0.15, 0.2) is 95.7 Å². The molecule has 9 heteroatoms. The highest BCUT2D eigenvalue weighted by atomic mass is 32.1. The van der Waals surface area contributed by atoms with Crippen LogP contribution in [0.4, 0.5) is 5.13 Å². The number of aliphatic hydroxyl groups is 1. The Morgan fingerprint density at radius 2 is 1.61 bits per heavy atom. The first kappa shape index (κ1) is 24.4. The van der Waals surface area contributed by atoms with E-state index in [9.17, 15) is 14.7 Å². The van der Waals surface area contributed by atoms with E-state index in [4.69, 9.17) is 16.2 Å². The fraction of sp³-hybridized carbons (Fsp3) is 0.0370. The van der Waals surface area contributed by atoms with Gasteiger partial charge in [-0.2, -0.15) is 0 Å². The van der Waals surface area contributed by atoms with E-state index in [0.29, 0.717) is 11.1 Å². The Bertz CT molecular complexity index is 1460. The summed E-state index contributed by atoms with van der Waals surface area (Å²) >= 11 is 1.02. The van der Waals surface area contributed by atoms with Crippen molar-refractivity contribution in [2.24, 2.45) is 5.73 Å². The van der Waals surface area contributed by atoms with Crippen LogP contribution in [0.25, 0.3) is 11.1 Å². The molecule has 0 bridgehead atoms. The van der Waals surface area contributed by atoms with Gasteiger partial charge in [-0.05, 0) is 34.9 Å². The number of nitrogens with two attached hydrogens (primary N) is 1. The molecule has 0 aliphatic heterocycles. The van der Waals surface area contributed by atoms with Gasteiger partial charge in [0.05, 0.1) is 5.71 Å². The molecular formula is C27H22N4O4S. The molecular weight excluding hydrogens is 476 g/mol. The summed E-state index contributed by atoms with van der Waals surface area (Å²) in [5.74, 6) is -2.05. The third-order valence-corrected chi connectivity index (χ3v) is 6.17. The molecule has 0 aliphatic rings. The smallest absolute Gasteiger partial charge is 0.355 e. The number of carboxylic acids is 1. The molecule has 180 valence electrons. The van der Waals surface area contributed by atoms with Crippen LogP contribution in [0.5, 0.6) is 0 Å². The summed E-state index contributed by atoms with van der Waals surface area (Å²) in [5, 5.41) is 33.3. The predicted octanol–water partition coefficient (Wildman–Crippen LogP) is 5.10. The van der Waals surface area contributed by atoms with Crippen LogP contribution in [-0.4, -0.2) is 32.8 Å². The van der Waals surface area contributed by atoms with Crippen molar-refractivity contribution in [1.29, 1.82) is 5.41 Å². The molecule has 1 amide bonds. The van der Waals surface area contributed by atoms with Gasteiger partial charge in [-0.1, -0.05) is 60.7 Å². The van der Waals surface area contributed by atoms with E-state index < -0.39 is 11.9 Å². The average Bonchev–Trinajstić information content (AvgIpc) is 3.36. The molecule has 6 N–H and O–H groups in total. The molecule has 8 nitrogen and oxygen atoms in total. The molecule has 0 fully saturated rings. The topological polar surface area (TPSA) is 149 Å². The average molecular weight is 499 g/mol.